The number of hydrogen-bond acceptors (Lipinski definition) is 3. The third-order valence-electron chi connectivity index (χ3n) is 4.48. The van der Waals surface area contributed by atoms with Gasteiger partial charge in [0.05, 0.1) is 16.7 Å². The van der Waals surface area contributed by atoms with E-state index in [1.165, 1.54) is 12.8 Å². The fourth-order valence-corrected chi connectivity index (χ4v) is 3.56. The van der Waals surface area contributed by atoms with Crippen molar-refractivity contribution < 1.29 is 4.74 Å². The van der Waals surface area contributed by atoms with Crippen molar-refractivity contribution in [3.8, 4) is 0 Å². The first-order valence-electron chi connectivity index (χ1n) is 6.37. The van der Waals surface area contributed by atoms with Crippen LogP contribution in [0.25, 0.3) is 0 Å². The van der Waals surface area contributed by atoms with Gasteiger partial charge in [0.25, 0.3) is 0 Å². The van der Waals surface area contributed by atoms with E-state index in [1.807, 2.05) is 0 Å². The average molecular weight is 226 g/mol. The van der Waals surface area contributed by atoms with Crippen LogP contribution in [0.15, 0.2) is 0 Å². The Balaban J connectivity index is 2.31. The summed E-state index contributed by atoms with van der Waals surface area (Å²) in [5.74, 6) is 0. The molecule has 1 saturated carbocycles. The standard InChI is InChI=1S/C13H26N2O/c1-11(2)8-13(9-14,12(3,4)16-11)15(5)10-6-7-10/h10H,6-9,14H2,1-5H3. The maximum absolute atomic E-state index is 6.22. The molecule has 0 aromatic carbocycles. The van der Waals surface area contributed by atoms with E-state index in [-0.39, 0.29) is 16.7 Å². The monoisotopic (exact) mass is 226 g/mol. The molecule has 2 aliphatic rings. The van der Waals surface area contributed by atoms with Crippen LogP contribution in [0.3, 0.4) is 0 Å². The van der Waals surface area contributed by atoms with E-state index >= 15 is 0 Å². The van der Waals surface area contributed by atoms with Crippen LogP contribution >= 0.6 is 0 Å². The second kappa shape index (κ2) is 3.44. The van der Waals surface area contributed by atoms with Gasteiger partial charge in [-0.25, -0.2) is 0 Å². The number of nitrogens with two attached hydrogens (primary N) is 1. The minimum Gasteiger partial charge on any atom is -0.368 e. The Kier molecular flexibility index (Phi) is 2.65. The van der Waals surface area contributed by atoms with Gasteiger partial charge in [-0.3, -0.25) is 4.90 Å². The Hall–Kier alpha value is -0.120. The highest BCUT2D eigenvalue weighted by atomic mass is 16.5. The van der Waals surface area contributed by atoms with E-state index in [0.29, 0.717) is 6.54 Å². The molecular formula is C13H26N2O. The van der Waals surface area contributed by atoms with Crippen LogP contribution in [-0.2, 0) is 4.74 Å². The van der Waals surface area contributed by atoms with E-state index in [9.17, 15) is 0 Å². The fourth-order valence-electron chi connectivity index (χ4n) is 3.56. The summed E-state index contributed by atoms with van der Waals surface area (Å²) in [6, 6.07) is 0.723. The highest BCUT2D eigenvalue weighted by Gasteiger charge is 2.60. The SMILES string of the molecule is CN(C1CC1)C1(CN)CC(C)(C)OC1(C)C. The highest BCUT2D eigenvalue weighted by molar-refractivity contribution is 5.14. The molecule has 2 fully saturated rings. The summed E-state index contributed by atoms with van der Waals surface area (Å²) in [7, 11) is 2.22. The molecule has 0 aromatic rings. The second-order valence-electron chi connectivity index (χ2n) is 6.63. The Morgan fingerprint density at radius 2 is 1.81 bits per heavy atom. The van der Waals surface area contributed by atoms with E-state index in [1.54, 1.807) is 0 Å². The average Bonchev–Trinajstić information content (AvgIpc) is 2.91. The second-order valence-corrected chi connectivity index (χ2v) is 6.63. The summed E-state index contributed by atoms with van der Waals surface area (Å²) in [5, 5.41) is 0. The third-order valence-corrected chi connectivity index (χ3v) is 4.48. The van der Waals surface area contributed by atoms with Crippen molar-refractivity contribution in [2.24, 2.45) is 5.73 Å². The van der Waals surface area contributed by atoms with E-state index in [2.05, 4.69) is 39.6 Å². The molecule has 3 heteroatoms. The molecule has 3 nitrogen and oxygen atoms in total. The number of hydrogen-bond donors (Lipinski definition) is 1. The van der Waals surface area contributed by atoms with Gasteiger partial charge in [0.2, 0.25) is 0 Å². The quantitative estimate of drug-likeness (QED) is 0.797. The Labute approximate surface area is 99.3 Å². The van der Waals surface area contributed by atoms with Crippen LogP contribution in [-0.4, -0.2) is 41.3 Å². The van der Waals surface area contributed by atoms with Gasteiger partial charge in [-0.1, -0.05) is 0 Å². The van der Waals surface area contributed by atoms with Crippen molar-refractivity contribution in [1.82, 2.24) is 4.90 Å². The fraction of sp³-hybridized carbons (Fsp3) is 1.00. The van der Waals surface area contributed by atoms with Crippen LogP contribution in [0.1, 0.15) is 47.0 Å². The van der Waals surface area contributed by atoms with Crippen molar-refractivity contribution in [3.63, 3.8) is 0 Å². The van der Waals surface area contributed by atoms with E-state index in [4.69, 9.17) is 10.5 Å². The van der Waals surface area contributed by atoms with Crippen molar-refractivity contribution in [1.29, 1.82) is 0 Å². The molecule has 1 unspecified atom stereocenters. The molecule has 0 radical (unpaired) electrons. The number of nitrogens with zero attached hydrogens (tertiary/aromatic N) is 1. The van der Waals surface area contributed by atoms with Crippen LogP contribution < -0.4 is 5.73 Å². The van der Waals surface area contributed by atoms with Crippen molar-refractivity contribution in [3.05, 3.63) is 0 Å². The van der Waals surface area contributed by atoms with Crippen LogP contribution in [0.5, 0.6) is 0 Å². The first kappa shape index (κ1) is 12.3. The zero-order chi connectivity index (χ0) is 12.2. The lowest BCUT2D eigenvalue weighted by Crippen LogP contribution is -2.62. The number of ether oxygens (including phenoxy) is 1. The van der Waals surface area contributed by atoms with Gasteiger partial charge in [0.1, 0.15) is 0 Å². The van der Waals surface area contributed by atoms with E-state index < -0.39 is 0 Å². The number of likely N-dealkylation sites (N-methyl/N-ethyl adjacent to an activating group) is 1. The predicted octanol–water partition coefficient (Wildman–Crippen LogP) is 1.76. The molecule has 94 valence electrons. The van der Waals surface area contributed by atoms with Crippen molar-refractivity contribution >= 4 is 0 Å². The van der Waals surface area contributed by atoms with Crippen LogP contribution in [0.4, 0.5) is 0 Å². The Morgan fingerprint density at radius 1 is 1.25 bits per heavy atom. The first-order valence-corrected chi connectivity index (χ1v) is 6.37. The van der Waals surface area contributed by atoms with Crippen molar-refractivity contribution in [2.75, 3.05) is 13.6 Å². The smallest absolute Gasteiger partial charge is 0.0830 e. The first-order chi connectivity index (χ1) is 7.24. The topological polar surface area (TPSA) is 38.5 Å². The van der Waals surface area contributed by atoms with Gasteiger partial charge in [0, 0.05) is 12.6 Å². The molecule has 1 heterocycles. The summed E-state index contributed by atoms with van der Waals surface area (Å²) in [6.45, 7) is 9.40. The van der Waals surface area contributed by atoms with Crippen molar-refractivity contribution in [2.45, 2.75) is 69.7 Å². The zero-order valence-corrected chi connectivity index (χ0v) is 11.3. The van der Waals surface area contributed by atoms with Gasteiger partial charge in [-0.05, 0) is 54.0 Å². The molecule has 1 atom stereocenters. The van der Waals surface area contributed by atoms with Crippen LogP contribution in [0, 0.1) is 0 Å². The summed E-state index contributed by atoms with van der Waals surface area (Å²) in [6.07, 6.45) is 3.65. The molecular weight excluding hydrogens is 200 g/mol. The van der Waals surface area contributed by atoms with Gasteiger partial charge in [-0.2, -0.15) is 0 Å². The molecule has 0 amide bonds. The van der Waals surface area contributed by atoms with E-state index in [0.717, 1.165) is 12.5 Å². The molecule has 0 aromatic heterocycles. The largest absolute Gasteiger partial charge is 0.368 e. The minimum atomic E-state index is -0.164. The predicted molar refractivity (Wildman–Crippen MR) is 66.4 cm³/mol. The van der Waals surface area contributed by atoms with Gasteiger partial charge in [-0.15, -0.1) is 0 Å². The Morgan fingerprint density at radius 3 is 2.12 bits per heavy atom. The molecule has 1 aliphatic heterocycles. The molecule has 1 aliphatic carbocycles. The summed E-state index contributed by atoms with van der Waals surface area (Å²) >= 11 is 0. The number of rotatable bonds is 3. The minimum absolute atomic E-state index is 0.00231. The molecule has 16 heavy (non-hydrogen) atoms. The van der Waals surface area contributed by atoms with Gasteiger partial charge < -0.3 is 10.5 Å². The molecule has 2 N–H and O–H groups in total. The lowest BCUT2D eigenvalue weighted by Gasteiger charge is -2.46. The van der Waals surface area contributed by atoms with Crippen LogP contribution in [0.2, 0.25) is 0 Å². The third kappa shape index (κ3) is 1.69. The molecule has 0 bridgehead atoms. The zero-order valence-electron chi connectivity index (χ0n) is 11.3. The molecule has 0 spiro atoms. The van der Waals surface area contributed by atoms with Gasteiger partial charge >= 0.3 is 0 Å². The highest BCUT2D eigenvalue weighted by Crippen LogP contribution is 2.50. The Bertz CT molecular complexity index is 284. The maximum Gasteiger partial charge on any atom is 0.0830 e. The molecule has 2 rings (SSSR count). The maximum atomic E-state index is 6.22. The lowest BCUT2D eigenvalue weighted by atomic mass is 9.77. The van der Waals surface area contributed by atoms with Gasteiger partial charge in [0.15, 0.2) is 0 Å². The summed E-state index contributed by atoms with van der Waals surface area (Å²) in [5.41, 5.74) is 5.88. The molecule has 1 saturated heterocycles. The summed E-state index contributed by atoms with van der Waals surface area (Å²) < 4.78 is 6.22. The normalized spacial score (nSPS) is 36.9. The summed E-state index contributed by atoms with van der Waals surface area (Å²) in [4.78, 5) is 2.49. The lowest BCUT2D eigenvalue weighted by molar-refractivity contribution is -0.101.